The van der Waals surface area contributed by atoms with Gasteiger partial charge in [0, 0.05) is 16.6 Å². The van der Waals surface area contributed by atoms with Gasteiger partial charge in [0.15, 0.2) is 5.09 Å². The molecule has 0 saturated carbocycles. The normalized spacial score (nSPS) is 10.9. The molecule has 0 bridgehead atoms. The van der Waals surface area contributed by atoms with E-state index in [1.807, 2.05) is 50.2 Å². The molecule has 0 unspecified atom stereocenters. The number of anilines is 1. The predicted molar refractivity (Wildman–Crippen MR) is 113 cm³/mol. The number of amides is 2. The van der Waals surface area contributed by atoms with Gasteiger partial charge in [0.1, 0.15) is 5.76 Å². The van der Waals surface area contributed by atoms with E-state index in [4.69, 9.17) is 4.42 Å². The Morgan fingerprint density at radius 1 is 1.11 bits per heavy atom. The minimum Gasteiger partial charge on any atom is -0.447 e. The van der Waals surface area contributed by atoms with Crippen LogP contribution in [0.4, 0.5) is 10.5 Å². The maximum Gasteiger partial charge on any atom is 0.339 e. The first kappa shape index (κ1) is 19.3. The third-order valence-corrected chi connectivity index (χ3v) is 5.39. The quantitative estimate of drug-likeness (QED) is 0.377. The molecule has 1 aromatic heterocycles. The minimum absolute atomic E-state index is 0.420. The van der Waals surface area contributed by atoms with Crippen LogP contribution in [0.25, 0.3) is 0 Å². The Balaban J connectivity index is 1.57. The zero-order chi connectivity index (χ0) is 19.2. The zero-order valence-electron chi connectivity index (χ0n) is 14.8. The van der Waals surface area contributed by atoms with E-state index in [9.17, 15) is 4.79 Å². The second-order valence-corrected chi connectivity index (χ2v) is 7.79. The lowest BCUT2D eigenvalue weighted by molar-refractivity contribution is 0.252. The van der Waals surface area contributed by atoms with E-state index in [0.29, 0.717) is 11.4 Å². The zero-order valence-corrected chi connectivity index (χ0v) is 17.2. The van der Waals surface area contributed by atoms with Gasteiger partial charge in [-0.1, -0.05) is 41.6 Å². The van der Waals surface area contributed by atoms with Crippen LogP contribution in [0.15, 0.2) is 78.6 Å². The number of furan rings is 1. The Morgan fingerprint density at radius 3 is 2.63 bits per heavy atom. The standard InChI is InChI=1S/C20H18BrN3O2S/c1-13-6-8-17(9-7-13)27-19-18(21)11-16(26-19)12-22-24-20(25)23-15-5-3-4-14(2)10-15/h3-12H,1-2H3,(H2,23,24,25)/b22-12+. The molecule has 2 amide bonds. The number of rotatable bonds is 5. The molecule has 2 N–H and O–H groups in total. The number of nitrogens with one attached hydrogen (secondary N) is 2. The van der Waals surface area contributed by atoms with Gasteiger partial charge >= 0.3 is 6.03 Å². The molecule has 0 aliphatic heterocycles. The summed E-state index contributed by atoms with van der Waals surface area (Å²) >= 11 is 5.00. The Hall–Kier alpha value is -2.51. The van der Waals surface area contributed by atoms with Gasteiger partial charge in [0.2, 0.25) is 0 Å². The van der Waals surface area contributed by atoms with Crippen LogP contribution in [0.3, 0.4) is 0 Å². The van der Waals surface area contributed by atoms with Crippen molar-refractivity contribution in [1.29, 1.82) is 0 Å². The van der Waals surface area contributed by atoms with Crippen molar-refractivity contribution in [2.75, 3.05) is 5.32 Å². The molecule has 27 heavy (non-hydrogen) atoms. The van der Waals surface area contributed by atoms with Crippen LogP contribution in [0.1, 0.15) is 16.9 Å². The summed E-state index contributed by atoms with van der Waals surface area (Å²) in [4.78, 5) is 13.0. The number of benzene rings is 2. The summed E-state index contributed by atoms with van der Waals surface area (Å²) in [7, 11) is 0. The van der Waals surface area contributed by atoms with Crippen LogP contribution in [0.2, 0.25) is 0 Å². The highest BCUT2D eigenvalue weighted by molar-refractivity contribution is 9.10. The molecular weight excluding hydrogens is 426 g/mol. The van der Waals surface area contributed by atoms with Crippen molar-refractivity contribution in [1.82, 2.24) is 5.43 Å². The third-order valence-electron chi connectivity index (χ3n) is 3.54. The molecule has 0 aliphatic rings. The van der Waals surface area contributed by atoms with Gasteiger partial charge in [0.05, 0.1) is 10.7 Å². The molecule has 0 aliphatic carbocycles. The summed E-state index contributed by atoms with van der Waals surface area (Å²) in [6.45, 7) is 4.01. The number of halogens is 1. The Kier molecular flexibility index (Phi) is 6.36. The Bertz CT molecular complexity index is 968. The molecule has 7 heteroatoms. The lowest BCUT2D eigenvalue weighted by Crippen LogP contribution is -2.24. The summed E-state index contributed by atoms with van der Waals surface area (Å²) in [6, 6.07) is 17.1. The number of urea groups is 1. The number of carbonyl (C=O) groups is 1. The molecule has 0 atom stereocenters. The van der Waals surface area contributed by atoms with Crippen LogP contribution < -0.4 is 10.7 Å². The first-order valence-electron chi connectivity index (χ1n) is 8.20. The van der Waals surface area contributed by atoms with E-state index in [1.165, 1.54) is 23.5 Å². The highest BCUT2D eigenvalue weighted by Crippen LogP contribution is 2.35. The fourth-order valence-corrected chi connectivity index (χ4v) is 3.58. The number of carbonyl (C=O) groups excluding carboxylic acids is 1. The van der Waals surface area contributed by atoms with Crippen LogP contribution >= 0.6 is 27.7 Å². The molecule has 5 nitrogen and oxygen atoms in total. The molecule has 2 aromatic carbocycles. The van der Waals surface area contributed by atoms with Crippen LogP contribution in [-0.4, -0.2) is 12.2 Å². The van der Waals surface area contributed by atoms with Gasteiger partial charge in [-0.05, 0) is 59.6 Å². The minimum atomic E-state index is -0.420. The maximum absolute atomic E-state index is 11.9. The maximum atomic E-state index is 11.9. The van der Waals surface area contributed by atoms with Gasteiger partial charge in [-0.3, -0.25) is 0 Å². The molecular formula is C20H18BrN3O2S. The van der Waals surface area contributed by atoms with Crippen molar-refractivity contribution in [3.63, 3.8) is 0 Å². The van der Waals surface area contributed by atoms with E-state index in [1.54, 1.807) is 6.07 Å². The smallest absolute Gasteiger partial charge is 0.339 e. The van der Waals surface area contributed by atoms with E-state index >= 15 is 0 Å². The van der Waals surface area contributed by atoms with Gasteiger partial charge in [-0.25, -0.2) is 10.2 Å². The molecule has 3 rings (SSSR count). The topological polar surface area (TPSA) is 66.6 Å². The second kappa shape index (κ2) is 8.92. The largest absolute Gasteiger partial charge is 0.447 e. The van der Waals surface area contributed by atoms with Crippen LogP contribution in [-0.2, 0) is 0 Å². The van der Waals surface area contributed by atoms with Crippen molar-refractivity contribution in [2.24, 2.45) is 5.10 Å². The molecule has 0 fully saturated rings. The van der Waals surface area contributed by atoms with E-state index in [2.05, 4.69) is 43.9 Å². The first-order valence-corrected chi connectivity index (χ1v) is 9.81. The van der Waals surface area contributed by atoms with Gasteiger partial charge in [0.25, 0.3) is 0 Å². The average molecular weight is 444 g/mol. The summed E-state index contributed by atoms with van der Waals surface area (Å²) in [5.41, 5.74) is 5.40. The van der Waals surface area contributed by atoms with E-state index < -0.39 is 6.03 Å². The highest BCUT2D eigenvalue weighted by atomic mass is 79.9. The van der Waals surface area contributed by atoms with Gasteiger partial charge in [-0.2, -0.15) is 5.10 Å². The average Bonchev–Trinajstić information content (AvgIpc) is 2.96. The van der Waals surface area contributed by atoms with Crippen LogP contribution in [0.5, 0.6) is 0 Å². The summed E-state index contributed by atoms with van der Waals surface area (Å²) < 4.78 is 6.59. The van der Waals surface area contributed by atoms with Gasteiger partial charge in [-0.15, -0.1) is 0 Å². The Labute approximate surface area is 170 Å². The predicted octanol–water partition coefficient (Wildman–Crippen LogP) is 5.97. The van der Waals surface area contributed by atoms with E-state index in [0.717, 1.165) is 20.0 Å². The first-order chi connectivity index (χ1) is 13.0. The monoisotopic (exact) mass is 443 g/mol. The number of hydrogen-bond donors (Lipinski definition) is 2. The Morgan fingerprint density at radius 2 is 1.89 bits per heavy atom. The summed E-state index contributed by atoms with van der Waals surface area (Å²) in [5, 5.41) is 7.36. The molecule has 0 saturated heterocycles. The lowest BCUT2D eigenvalue weighted by atomic mass is 10.2. The number of hydrazone groups is 1. The summed E-state index contributed by atoms with van der Waals surface area (Å²) in [5.74, 6) is 0.535. The molecule has 1 heterocycles. The fraction of sp³-hybridized carbons (Fsp3) is 0.100. The molecule has 0 spiro atoms. The SMILES string of the molecule is Cc1ccc(Sc2oc(/C=N/NC(=O)Nc3cccc(C)c3)cc2Br)cc1. The summed E-state index contributed by atoms with van der Waals surface area (Å²) in [6.07, 6.45) is 1.46. The lowest BCUT2D eigenvalue weighted by Gasteiger charge is -2.04. The second-order valence-electron chi connectivity index (χ2n) is 5.89. The van der Waals surface area contributed by atoms with Crippen molar-refractivity contribution in [3.8, 4) is 0 Å². The fourth-order valence-electron chi connectivity index (χ4n) is 2.25. The number of hydrogen-bond acceptors (Lipinski definition) is 4. The number of nitrogens with zero attached hydrogens (tertiary/aromatic N) is 1. The molecule has 138 valence electrons. The molecule has 0 radical (unpaired) electrons. The molecule has 3 aromatic rings. The van der Waals surface area contributed by atoms with Crippen molar-refractivity contribution in [3.05, 3.63) is 76.0 Å². The van der Waals surface area contributed by atoms with Crippen molar-refractivity contribution < 1.29 is 9.21 Å². The van der Waals surface area contributed by atoms with Gasteiger partial charge < -0.3 is 9.73 Å². The van der Waals surface area contributed by atoms with E-state index in [-0.39, 0.29) is 0 Å². The third kappa shape index (κ3) is 5.74. The van der Waals surface area contributed by atoms with Crippen molar-refractivity contribution >= 4 is 45.6 Å². The van der Waals surface area contributed by atoms with Crippen molar-refractivity contribution in [2.45, 2.75) is 23.8 Å². The number of aryl methyl sites for hydroxylation is 2. The highest BCUT2D eigenvalue weighted by Gasteiger charge is 2.10. The van der Waals surface area contributed by atoms with Crippen LogP contribution in [0, 0.1) is 13.8 Å².